The van der Waals surface area contributed by atoms with Gasteiger partial charge in [0.2, 0.25) is 0 Å². The smallest absolute Gasteiger partial charge is 0.328 e. The Morgan fingerprint density at radius 3 is 2.70 bits per heavy atom. The predicted octanol–water partition coefficient (Wildman–Crippen LogP) is 2.39. The average Bonchev–Trinajstić information content (AvgIpc) is 2.85. The second kappa shape index (κ2) is 5.69. The van der Waals surface area contributed by atoms with E-state index in [4.69, 9.17) is 0 Å². The van der Waals surface area contributed by atoms with Crippen molar-refractivity contribution in [3.05, 3.63) is 24.0 Å². The Kier molecular flexibility index (Phi) is 4.16. The third-order valence-electron chi connectivity index (χ3n) is 3.93. The van der Waals surface area contributed by atoms with E-state index in [2.05, 4.69) is 6.92 Å². The highest BCUT2D eigenvalue weighted by Crippen LogP contribution is 2.32. The predicted molar refractivity (Wildman–Crippen MR) is 75.7 cm³/mol. The fraction of sp³-hybridized carbons (Fsp3) is 0.600. The van der Waals surface area contributed by atoms with Gasteiger partial charge in [-0.2, -0.15) is 0 Å². The average molecular weight is 278 g/mol. The number of nitrogens with zero attached hydrogens (tertiary/aromatic N) is 2. The molecule has 0 bridgehead atoms. The third-order valence-corrected chi connectivity index (χ3v) is 3.93. The first-order valence-corrected chi connectivity index (χ1v) is 7.19. The standard InChI is InChI=1S/C15H22N2O3/c1-4-5-8-17-12(10(2)3)13(15(19)20)16-9-6-7-11(16)14(17)18/h6-7,9-10,12-13H,4-5,8H2,1-3H3,(H,19,20). The molecule has 0 fully saturated rings. The summed E-state index contributed by atoms with van der Waals surface area (Å²) in [6.07, 6.45) is 3.56. The van der Waals surface area contributed by atoms with Crippen molar-refractivity contribution in [2.75, 3.05) is 6.54 Å². The molecule has 0 saturated heterocycles. The Labute approximate surface area is 119 Å². The summed E-state index contributed by atoms with van der Waals surface area (Å²) >= 11 is 0. The number of unbranched alkanes of at least 4 members (excludes halogenated alkanes) is 1. The van der Waals surface area contributed by atoms with Gasteiger partial charge in [0.1, 0.15) is 5.69 Å². The highest BCUT2D eigenvalue weighted by atomic mass is 16.4. The van der Waals surface area contributed by atoms with E-state index in [1.165, 1.54) is 0 Å². The summed E-state index contributed by atoms with van der Waals surface area (Å²) in [6.45, 7) is 6.63. The van der Waals surface area contributed by atoms with Crippen LogP contribution in [-0.4, -0.2) is 39.0 Å². The largest absolute Gasteiger partial charge is 0.480 e. The SMILES string of the molecule is CCCCN1C(=O)c2cccn2C(C(=O)O)C1C(C)C. The molecule has 2 rings (SSSR count). The summed E-state index contributed by atoms with van der Waals surface area (Å²) in [4.78, 5) is 26.0. The number of aliphatic carboxylic acids is 1. The van der Waals surface area contributed by atoms with Crippen LogP contribution in [0, 0.1) is 5.92 Å². The number of hydrogen-bond acceptors (Lipinski definition) is 2. The van der Waals surface area contributed by atoms with Crippen molar-refractivity contribution in [2.45, 2.75) is 45.7 Å². The lowest BCUT2D eigenvalue weighted by atomic mass is 9.91. The number of aromatic nitrogens is 1. The maximum atomic E-state index is 12.6. The van der Waals surface area contributed by atoms with E-state index in [1.54, 1.807) is 27.8 Å². The fourth-order valence-corrected chi connectivity index (χ4v) is 3.00. The van der Waals surface area contributed by atoms with Crippen LogP contribution in [0.25, 0.3) is 0 Å². The van der Waals surface area contributed by atoms with Crippen molar-refractivity contribution in [3.8, 4) is 0 Å². The summed E-state index contributed by atoms with van der Waals surface area (Å²) in [7, 11) is 0. The summed E-state index contributed by atoms with van der Waals surface area (Å²) in [5, 5.41) is 9.59. The molecule has 0 aromatic carbocycles. The number of hydrogen-bond donors (Lipinski definition) is 1. The highest BCUT2D eigenvalue weighted by molar-refractivity contribution is 5.95. The van der Waals surface area contributed by atoms with Gasteiger partial charge in [0.05, 0.1) is 6.04 Å². The van der Waals surface area contributed by atoms with E-state index in [-0.39, 0.29) is 17.9 Å². The second-order valence-electron chi connectivity index (χ2n) is 5.67. The molecule has 5 heteroatoms. The van der Waals surface area contributed by atoms with E-state index >= 15 is 0 Å². The molecule has 0 radical (unpaired) electrons. The minimum atomic E-state index is -0.879. The normalized spacial score (nSPS) is 22.2. The number of amides is 1. The molecule has 0 spiro atoms. The van der Waals surface area contributed by atoms with Crippen molar-refractivity contribution in [2.24, 2.45) is 5.92 Å². The van der Waals surface area contributed by atoms with Gasteiger partial charge >= 0.3 is 5.97 Å². The third kappa shape index (κ3) is 2.32. The molecule has 1 aliphatic heterocycles. The molecule has 2 atom stereocenters. The zero-order valence-corrected chi connectivity index (χ0v) is 12.2. The Bertz CT molecular complexity index is 507. The van der Waals surface area contributed by atoms with E-state index < -0.39 is 12.0 Å². The van der Waals surface area contributed by atoms with Crippen molar-refractivity contribution < 1.29 is 14.7 Å². The first kappa shape index (κ1) is 14.6. The van der Waals surface area contributed by atoms with E-state index in [1.807, 2.05) is 13.8 Å². The van der Waals surface area contributed by atoms with Crippen LogP contribution in [0.2, 0.25) is 0 Å². The van der Waals surface area contributed by atoms with Crippen LogP contribution in [0.1, 0.15) is 50.1 Å². The summed E-state index contributed by atoms with van der Waals surface area (Å²) in [5.41, 5.74) is 0.477. The second-order valence-corrected chi connectivity index (χ2v) is 5.67. The lowest BCUT2D eigenvalue weighted by Gasteiger charge is -2.42. The van der Waals surface area contributed by atoms with Gasteiger partial charge in [-0.3, -0.25) is 4.79 Å². The van der Waals surface area contributed by atoms with Crippen LogP contribution in [0.4, 0.5) is 0 Å². The molecule has 0 aliphatic carbocycles. The van der Waals surface area contributed by atoms with Crippen molar-refractivity contribution in [1.29, 1.82) is 0 Å². The Hall–Kier alpha value is -1.78. The van der Waals surface area contributed by atoms with Crippen molar-refractivity contribution in [1.82, 2.24) is 9.47 Å². The Balaban J connectivity index is 2.47. The van der Waals surface area contributed by atoms with Gasteiger partial charge in [-0.05, 0) is 24.5 Å². The topological polar surface area (TPSA) is 62.5 Å². The van der Waals surface area contributed by atoms with Gasteiger partial charge in [0, 0.05) is 12.7 Å². The van der Waals surface area contributed by atoms with Crippen LogP contribution < -0.4 is 0 Å². The van der Waals surface area contributed by atoms with Crippen LogP contribution in [0.15, 0.2) is 18.3 Å². The number of rotatable bonds is 5. The molecule has 1 aromatic heterocycles. The van der Waals surface area contributed by atoms with Gasteiger partial charge in [-0.1, -0.05) is 27.2 Å². The number of carboxylic acid groups (broad SMARTS) is 1. The van der Waals surface area contributed by atoms with Crippen molar-refractivity contribution in [3.63, 3.8) is 0 Å². The number of fused-ring (bicyclic) bond motifs is 1. The molecule has 1 N–H and O–H groups in total. The van der Waals surface area contributed by atoms with Gasteiger partial charge in [0.25, 0.3) is 5.91 Å². The lowest BCUT2D eigenvalue weighted by Crippen LogP contribution is -2.55. The van der Waals surface area contributed by atoms with Crippen LogP contribution in [0.3, 0.4) is 0 Å². The molecule has 1 aliphatic rings. The maximum absolute atomic E-state index is 12.6. The number of carboxylic acids is 1. The molecule has 2 heterocycles. The molecule has 0 saturated carbocycles. The molecular weight excluding hydrogens is 256 g/mol. The summed E-state index contributed by atoms with van der Waals surface area (Å²) in [6, 6.07) is 2.44. The van der Waals surface area contributed by atoms with Crippen LogP contribution in [0.5, 0.6) is 0 Å². The maximum Gasteiger partial charge on any atom is 0.328 e. The Morgan fingerprint density at radius 1 is 1.45 bits per heavy atom. The minimum Gasteiger partial charge on any atom is -0.480 e. The number of carbonyl (C=O) groups is 2. The van der Waals surface area contributed by atoms with E-state index in [9.17, 15) is 14.7 Å². The first-order chi connectivity index (χ1) is 9.49. The van der Waals surface area contributed by atoms with Crippen molar-refractivity contribution >= 4 is 11.9 Å². The van der Waals surface area contributed by atoms with Gasteiger partial charge in [0.15, 0.2) is 6.04 Å². The Morgan fingerprint density at radius 2 is 2.15 bits per heavy atom. The first-order valence-electron chi connectivity index (χ1n) is 7.19. The molecule has 1 amide bonds. The minimum absolute atomic E-state index is 0.0559. The monoisotopic (exact) mass is 278 g/mol. The molecule has 1 aromatic rings. The summed E-state index contributed by atoms with van der Waals surface area (Å²) < 4.78 is 1.61. The van der Waals surface area contributed by atoms with Crippen LogP contribution in [-0.2, 0) is 4.79 Å². The van der Waals surface area contributed by atoms with E-state index in [0.29, 0.717) is 12.2 Å². The van der Waals surface area contributed by atoms with Gasteiger partial charge in [-0.15, -0.1) is 0 Å². The molecular formula is C15H22N2O3. The molecule has 20 heavy (non-hydrogen) atoms. The zero-order valence-electron chi connectivity index (χ0n) is 12.2. The van der Waals surface area contributed by atoms with Gasteiger partial charge in [-0.25, -0.2) is 4.79 Å². The highest BCUT2D eigenvalue weighted by Gasteiger charge is 2.44. The molecule has 110 valence electrons. The zero-order chi connectivity index (χ0) is 14.9. The van der Waals surface area contributed by atoms with Gasteiger partial charge < -0.3 is 14.6 Å². The van der Waals surface area contributed by atoms with Crippen LogP contribution >= 0.6 is 0 Å². The molecule has 2 unspecified atom stereocenters. The number of carbonyl (C=O) groups excluding carboxylic acids is 1. The fourth-order valence-electron chi connectivity index (χ4n) is 3.00. The quantitative estimate of drug-likeness (QED) is 0.899. The molecule has 5 nitrogen and oxygen atoms in total. The lowest BCUT2D eigenvalue weighted by molar-refractivity contribution is -0.144. The summed E-state index contributed by atoms with van der Waals surface area (Å²) in [5.74, 6) is -0.845. The van der Waals surface area contributed by atoms with E-state index in [0.717, 1.165) is 12.8 Å².